The van der Waals surface area contributed by atoms with Gasteiger partial charge in [-0.05, 0) is 24.6 Å². The summed E-state index contributed by atoms with van der Waals surface area (Å²) in [5, 5.41) is 2.82. The molecular formula is C13H15NO. The monoisotopic (exact) mass is 201 g/mol. The van der Waals surface area contributed by atoms with Crippen LogP contribution >= 0.6 is 0 Å². The molecule has 0 bridgehead atoms. The standard InChI is InChI=1S/C13H15NO/c1-3-5-9-13(15)14-12-8-6-7-11(4-2)10-12/h2,6-8,10H,3,5,9H2,1H3,(H,14,15). The number of carbonyl (C=O) groups excluding carboxylic acids is 1. The van der Waals surface area contributed by atoms with Crippen molar-refractivity contribution in [2.45, 2.75) is 26.2 Å². The fourth-order valence-electron chi connectivity index (χ4n) is 1.25. The molecule has 0 unspecified atom stereocenters. The van der Waals surface area contributed by atoms with Gasteiger partial charge in [-0.2, -0.15) is 0 Å². The third-order valence-electron chi connectivity index (χ3n) is 2.07. The molecule has 0 aliphatic heterocycles. The van der Waals surface area contributed by atoms with E-state index in [9.17, 15) is 4.79 Å². The molecule has 0 spiro atoms. The Hall–Kier alpha value is -1.75. The van der Waals surface area contributed by atoms with Crippen LogP contribution in [-0.2, 0) is 4.79 Å². The minimum Gasteiger partial charge on any atom is -0.326 e. The summed E-state index contributed by atoms with van der Waals surface area (Å²) >= 11 is 0. The van der Waals surface area contributed by atoms with E-state index < -0.39 is 0 Å². The number of nitrogens with one attached hydrogen (secondary N) is 1. The van der Waals surface area contributed by atoms with Gasteiger partial charge in [0.1, 0.15) is 0 Å². The van der Waals surface area contributed by atoms with Crippen molar-refractivity contribution >= 4 is 11.6 Å². The van der Waals surface area contributed by atoms with Gasteiger partial charge in [-0.25, -0.2) is 0 Å². The van der Waals surface area contributed by atoms with Gasteiger partial charge >= 0.3 is 0 Å². The largest absolute Gasteiger partial charge is 0.326 e. The summed E-state index contributed by atoms with van der Waals surface area (Å²) in [6.07, 6.45) is 7.78. The Morgan fingerprint density at radius 1 is 1.53 bits per heavy atom. The number of unbranched alkanes of at least 4 members (excludes halogenated alkanes) is 1. The number of rotatable bonds is 4. The minimum absolute atomic E-state index is 0.0472. The van der Waals surface area contributed by atoms with Gasteiger partial charge in [-0.3, -0.25) is 4.79 Å². The van der Waals surface area contributed by atoms with Crippen molar-refractivity contribution in [3.8, 4) is 12.3 Å². The smallest absolute Gasteiger partial charge is 0.224 e. The van der Waals surface area contributed by atoms with E-state index >= 15 is 0 Å². The van der Waals surface area contributed by atoms with E-state index in [2.05, 4.69) is 18.2 Å². The third-order valence-corrected chi connectivity index (χ3v) is 2.07. The Bertz CT molecular complexity index is 376. The average molecular weight is 201 g/mol. The van der Waals surface area contributed by atoms with Crippen LogP contribution < -0.4 is 5.32 Å². The van der Waals surface area contributed by atoms with E-state index in [1.54, 1.807) is 6.07 Å². The summed E-state index contributed by atoms with van der Waals surface area (Å²) in [6, 6.07) is 7.31. The predicted octanol–water partition coefficient (Wildman–Crippen LogP) is 2.80. The van der Waals surface area contributed by atoms with Gasteiger partial charge in [-0.15, -0.1) is 6.42 Å². The molecule has 78 valence electrons. The highest BCUT2D eigenvalue weighted by atomic mass is 16.1. The maximum absolute atomic E-state index is 11.4. The lowest BCUT2D eigenvalue weighted by atomic mass is 10.2. The number of terminal acetylenes is 1. The van der Waals surface area contributed by atoms with E-state index in [1.807, 2.05) is 18.2 Å². The zero-order chi connectivity index (χ0) is 11.1. The molecule has 0 aliphatic carbocycles. The quantitative estimate of drug-likeness (QED) is 0.746. The lowest BCUT2D eigenvalue weighted by Gasteiger charge is -2.04. The molecule has 0 aliphatic rings. The van der Waals surface area contributed by atoms with Crippen LogP contribution in [0.4, 0.5) is 5.69 Å². The zero-order valence-electron chi connectivity index (χ0n) is 8.92. The summed E-state index contributed by atoms with van der Waals surface area (Å²) in [5.74, 6) is 2.58. The summed E-state index contributed by atoms with van der Waals surface area (Å²) in [6.45, 7) is 2.06. The van der Waals surface area contributed by atoms with Crippen LogP contribution in [0.2, 0.25) is 0 Å². The summed E-state index contributed by atoms with van der Waals surface area (Å²) in [7, 11) is 0. The van der Waals surface area contributed by atoms with Gasteiger partial charge in [0.05, 0.1) is 0 Å². The molecule has 0 atom stereocenters. The lowest BCUT2D eigenvalue weighted by Crippen LogP contribution is -2.10. The number of anilines is 1. The van der Waals surface area contributed by atoms with Crippen LogP contribution in [0.25, 0.3) is 0 Å². The van der Waals surface area contributed by atoms with E-state index in [0.717, 1.165) is 24.1 Å². The maximum Gasteiger partial charge on any atom is 0.224 e. The van der Waals surface area contributed by atoms with Gasteiger partial charge in [0.15, 0.2) is 0 Å². The molecule has 1 aromatic carbocycles. The first-order valence-electron chi connectivity index (χ1n) is 5.12. The number of carbonyl (C=O) groups is 1. The number of amides is 1. The second-order valence-corrected chi connectivity index (χ2v) is 3.38. The fourth-order valence-corrected chi connectivity index (χ4v) is 1.25. The van der Waals surface area contributed by atoms with Gasteiger partial charge in [0.2, 0.25) is 5.91 Å². The molecule has 1 amide bonds. The van der Waals surface area contributed by atoms with E-state index in [-0.39, 0.29) is 5.91 Å². The molecule has 0 heterocycles. The summed E-state index contributed by atoms with van der Waals surface area (Å²) in [4.78, 5) is 11.4. The molecule has 2 nitrogen and oxygen atoms in total. The van der Waals surface area contributed by atoms with Crippen molar-refractivity contribution in [1.29, 1.82) is 0 Å². The second-order valence-electron chi connectivity index (χ2n) is 3.38. The first kappa shape index (κ1) is 11.3. The lowest BCUT2D eigenvalue weighted by molar-refractivity contribution is -0.116. The van der Waals surface area contributed by atoms with Crippen molar-refractivity contribution in [3.63, 3.8) is 0 Å². The molecule has 0 radical (unpaired) electrons. The molecule has 0 saturated carbocycles. The van der Waals surface area contributed by atoms with Gasteiger partial charge < -0.3 is 5.32 Å². The van der Waals surface area contributed by atoms with Gasteiger partial charge in [0, 0.05) is 17.7 Å². The molecule has 1 aromatic rings. The predicted molar refractivity (Wildman–Crippen MR) is 62.5 cm³/mol. The first-order valence-corrected chi connectivity index (χ1v) is 5.12. The molecule has 0 fully saturated rings. The molecule has 0 saturated heterocycles. The second kappa shape index (κ2) is 5.87. The maximum atomic E-state index is 11.4. The Morgan fingerprint density at radius 2 is 2.33 bits per heavy atom. The van der Waals surface area contributed by atoms with E-state index in [4.69, 9.17) is 6.42 Å². The van der Waals surface area contributed by atoms with Crippen LogP contribution in [0, 0.1) is 12.3 Å². The first-order chi connectivity index (χ1) is 7.26. The Morgan fingerprint density at radius 3 is 3.00 bits per heavy atom. The van der Waals surface area contributed by atoms with E-state index in [0.29, 0.717) is 6.42 Å². The summed E-state index contributed by atoms with van der Waals surface area (Å²) in [5.41, 5.74) is 1.55. The normalized spacial score (nSPS) is 9.33. The van der Waals surface area contributed by atoms with Crippen molar-refractivity contribution in [2.75, 3.05) is 5.32 Å². The highest BCUT2D eigenvalue weighted by molar-refractivity contribution is 5.90. The number of hydrogen-bond acceptors (Lipinski definition) is 1. The molecule has 1 N–H and O–H groups in total. The molecule has 0 aromatic heterocycles. The topological polar surface area (TPSA) is 29.1 Å². The zero-order valence-corrected chi connectivity index (χ0v) is 8.92. The van der Waals surface area contributed by atoms with Crippen LogP contribution in [0.5, 0.6) is 0 Å². The average Bonchev–Trinajstić information content (AvgIpc) is 2.26. The van der Waals surface area contributed by atoms with Crippen molar-refractivity contribution in [2.24, 2.45) is 0 Å². The highest BCUT2D eigenvalue weighted by Gasteiger charge is 2.01. The molecule has 1 rings (SSSR count). The van der Waals surface area contributed by atoms with Crippen LogP contribution in [-0.4, -0.2) is 5.91 Å². The fraction of sp³-hybridized carbons (Fsp3) is 0.308. The minimum atomic E-state index is 0.0472. The Labute approximate surface area is 90.7 Å². The van der Waals surface area contributed by atoms with Crippen LogP contribution in [0.1, 0.15) is 31.7 Å². The SMILES string of the molecule is C#Cc1cccc(NC(=O)CCCC)c1. The number of hydrogen-bond donors (Lipinski definition) is 1. The van der Waals surface area contributed by atoms with Crippen LogP contribution in [0.15, 0.2) is 24.3 Å². The number of benzene rings is 1. The molecule has 2 heteroatoms. The van der Waals surface area contributed by atoms with Crippen molar-refractivity contribution < 1.29 is 4.79 Å². The Balaban J connectivity index is 2.57. The van der Waals surface area contributed by atoms with Crippen molar-refractivity contribution in [3.05, 3.63) is 29.8 Å². The summed E-state index contributed by atoms with van der Waals surface area (Å²) < 4.78 is 0. The Kier molecular flexibility index (Phi) is 4.43. The highest BCUT2D eigenvalue weighted by Crippen LogP contribution is 2.10. The van der Waals surface area contributed by atoms with Gasteiger partial charge in [0.25, 0.3) is 0 Å². The van der Waals surface area contributed by atoms with E-state index in [1.165, 1.54) is 0 Å². The third kappa shape index (κ3) is 3.86. The molecular weight excluding hydrogens is 186 g/mol. The molecule has 15 heavy (non-hydrogen) atoms. The van der Waals surface area contributed by atoms with Crippen molar-refractivity contribution in [1.82, 2.24) is 0 Å². The van der Waals surface area contributed by atoms with Gasteiger partial charge in [-0.1, -0.05) is 25.3 Å². The van der Waals surface area contributed by atoms with Crippen LogP contribution in [0.3, 0.4) is 0 Å².